The smallest absolute Gasteiger partial charge is 0.187 e. The zero-order valence-electron chi connectivity index (χ0n) is 12.0. The van der Waals surface area contributed by atoms with Gasteiger partial charge in [0.2, 0.25) is 0 Å². The zero-order valence-corrected chi connectivity index (χ0v) is 12.8. The Bertz CT molecular complexity index is 496. The van der Waals surface area contributed by atoms with Crippen molar-refractivity contribution >= 4 is 23.5 Å². The average Bonchev–Trinajstić information content (AvgIpc) is 2.93. The van der Waals surface area contributed by atoms with E-state index in [-0.39, 0.29) is 6.10 Å². The Labute approximate surface area is 125 Å². The second-order valence-corrected chi connectivity index (χ2v) is 5.48. The Morgan fingerprint density at radius 1 is 1.50 bits per heavy atom. The van der Waals surface area contributed by atoms with Crippen LogP contribution in [0.1, 0.15) is 29.5 Å². The fourth-order valence-electron chi connectivity index (χ4n) is 2.11. The van der Waals surface area contributed by atoms with Crippen molar-refractivity contribution in [3.63, 3.8) is 0 Å². The number of hydrogen-bond acceptors (Lipinski definition) is 3. The van der Waals surface area contributed by atoms with Crippen LogP contribution in [0.3, 0.4) is 0 Å². The van der Waals surface area contributed by atoms with Crippen molar-refractivity contribution in [1.29, 1.82) is 0 Å². The summed E-state index contributed by atoms with van der Waals surface area (Å²) in [5.41, 5.74) is 6.35. The number of benzene rings is 1. The third kappa shape index (κ3) is 4.58. The number of aryl methyl sites for hydroxylation is 2. The quantitative estimate of drug-likeness (QED) is 0.507. The predicted molar refractivity (Wildman–Crippen MR) is 86.2 cm³/mol. The minimum absolute atomic E-state index is 0.276. The van der Waals surface area contributed by atoms with Gasteiger partial charge in [-0.2, -0.15) is 5.10 Å². The molecule has 0 spiro atoms. The minimum Gasteiger partial charge on any atom is -0.376 e. The summed E-state index contributed by atoms with van der Waals surface area (Å²) in [5, 5.41) is 7.82. The number of hydrazone groups is 1. The average molecular weight is 291 g/mol. The van der Waals surface area contributed by atoms with Crippen LogP contribution in [-0.4, -0.2) is 30.6 Å². The largest absolute Gasteiger partial charge is 0.376 e. The third-order valence-corrected chi connectivity index (χ3v) is 3.55. The van der Waals surface area contributed by atoms with Crippen molar-refractivity contribution in [3.05, 3.63) is 34.9 Å². The SMILES string of the molecule is Cc1ccc(C)c(/C=N\NC(=S)NC[C@H]2CCCO2)c1. The molecule has 1 heterocycles. The molecule has 1 fully saturated rings. The molecule has 108 valence electrons. The van der Waals surface area contributed by atoms with Crippen LogP contribution in [0.5, 0.6) is 0 Å². The van der Waals surface area contributed by atoms with E-state index in [2.05, 4.69) is 47.9 Å². The summed E-state index contributed by atoms with van der Waals surface area (Å²) in [6.45, 7) is 5.73. The molecule has 0 aromatic heterocycles. The molecule has 0 unspecified atom stereocenters. The summed E-state index contributed by atoms with van der Waals surface area (Å²) in [5.74, 6) is 0. The Morgan fingerprint density at radius 3 is 3.10 bits per heavy atom. The van der Waals surface area contributed by atoms with Crippen LogP contribution in [0.4, 0.5) is 0 Å². The highest BCUT2D eigenvalue weighted by molar-refractivity contribution is 7.80. The van der Waals surface area contributed by atoms with Crippen LogP contribution in [-0.2, 0) is 4.74 Å². The van der Waals surface area contributed by atoms with E-state index >= 15 is 0 Å². The van der Waals surface area contributed by atoms with Gasteiger partial charge in [0.15, 0.2) is 5.11 Å². The lowest BCUT2D eigenvalue weighted by Gasteiger charge is -2.11. The summed E-state index contributed by atoms with van der Waals surface area (Å²) >= 11 is 5.17. The lowest BCUT2D eigenvalue weighted by atomic mass is 10.1. The van der Waals surface area contributed by atoms with Gasteiger partial charge in [-0.25, -0.2) is 0 Å². The molecule has 0 amide bonds. The Hall–Kier alpha value is -1.46. The van der Waals surface area contributed by atoms with E-state index in [9.17, 15) is 0 Å². The molecule has 1 aromatic rings. The fourth-order valence-corrected chi connectivity index (χ4v) is 2.25. The van der Waals surface area contributed by atoms with Gasteiger partial charge >= 0.3 is 0 Å². The number of thiocarbonyl (C=S) groups is 1. The van der Waals surface area contributed by atoms with Gasteiger partial charge in [-0.05, 0) is 50.0 Å². The summed E-state index contributed by atoms with van der Waals surface area (Å²) in [6.07, 6.45) is 4.30. The van der Waals surface area contributed by atoms with Crippen molar-refractivity contribution in [2.24, 2.45) is 5.10 Å². The van der Waals surface area contributed by atoms with Crippen LogP contribution in [0.15, 0.2) is 23.3 Å². The standard InChI is InChI=1S/C15H21N3OS/c1-11-5-6-12(2)13(8-11)9-17-18-15(20)16-10-14-4-3-7-19-14/h5-6,8-9,14H,3-4,7,10H2,1-2H3,(H2,16,18,20)/b17-9-/t14-/m1/s1. The first-order valence-corrected chi connectivity index (χ1v) is 7.32. The van der Waals surface area contributed by atoms with Gasteiger partial charge in [-0.15, -0.1) is 0 Å². The van der Waals surface area contributed by atoms with Crippen molar-refractivity contribution in [1.82, 2.24) is 10.7 Å². The molecular formula is C15H21N3OS. The summed E-state index contributed by atoms with van der Waals surface area (Å²) < 4.78 is 5.52. The Morgan fingerprint density at radius 2 is 2.35 bits per heavy atom. The number of ether oxygens (including phenoxy) is 1. The van der Waals surface area contributed by atoms with E-state index in [1.165, 1.54) is 11.1 Å². The normalized spacial score (nSPS) is 18.4. The fraction of sp³-hybridized carbons (Fsp3) is 0.467. The van der Waals surface area contributed by atoms with Crippen molar-refractivity contribution in [2.75, 3.05) is 13.2 Å². The van der Waals surface area contributed by atoms with Gasteiger partial charge in [0.1, 0.15) is 0 Å². The third-order valence-electron chi connectivity index (χ3n) is 3.32. The Balaban J connectivity index is 1.77. The maximum absolute atomic E-state index is 5.52. The lowest BCUT2D eigenvalue weighted by molar-refractivity contribution is 0.114. The number of nitrogens with zero attached hydrogens (tertiary/aromatic N) is 1. The molecule has 5 heteroatoms. The molecule has 0 radical (unpaired) electrons. The van der Waals surface area contributed by atoms with E-state index < -0.39 is 0 Å². The second kappa shape index (κ2) is 7.36. The molecule has 4 nitrogen and oxygen atoms in total. The monoisotopic (exact) mass is 291 g/mol. The van der Waals surface area contributed by atoms with Crippen LogP contribution in [0.2, 0.25) is 0 Å². The molecule has 2 rings (SSSR count). The van der Waals surface area contributed by atoms with Gasteiger partial charge in [-0.3, -0.25) is 5.43 Å². The van der Waals surface area contributed by atoms with Crippen LogP contribution >= 0.6 is 12.2 Å². The van der Waals surface area contributed by atoms with Crippen molar-refractivity contribution in [2.45, 2.75) is 32.8 Å². The van der Waals surface area contributed by atoms with Crippen molar-refractivity contribution in [3.8, 4) is 0 Å². The predicted octanol–water partition coefficient (Wildman–Crippen LogP) is 2.28. The molecule has 0 bridgehead atoms. The van der Waals surface area contributed by atoms with E-state index in [1.54, 1.807) is 6.21 Å². The molecule has 1 aromatic carbocycles. The summed E-state index contributed by atoms with van der Waals surface area (Å²) in [6, 6.07) is 6.28. The molecule has 20 heavy (non-hydrogen) atoms. The topological polar surface area (TPSA) is 45.7 Å². The molecule has 1 aliphatic heterocycles. The van der Waals surface area contributed by atoms with E-state index in [0.29, 0.717) is 5.11 Å². The molecule has 0 aliphatic carbocycles. The maximum atomic E-state index is 5.52. The highest BCUT2D eigenvalue weighted by atomic mass is 32.1. The summed E-state index contributed by atoms with van der Waals surface area (Å²) in [7, 11) is 0. The van der Waals surface area contributed by atoms with Crippen LogP contribution in [0.25, 0.3) is 0 Å². The van der Waals surface area contributed by atoms with E-state index in [4.69, 9.17) is 17.0 Å². The van der Waals surface area contributed by atoms with Crippen molar-refractivity contribution < 1.29 is 4.74 Å². The molecular weight excluding hydrogens is 270 g/mol. The summed E-state index contributed by atoms with van der Waals surface area (Å²) in [4.78, 5) is 0. The highest BCUT2D eigenvalue weighted by Gasteiger charge is 2.14. The number of nitrogens with one attached hydrogen (secondary N) is 2. The van der Waals surface area contributed by atoms with Crippen LogP contribution < -0.4 is 10.7 Å². The zero-order chi connectivity index (χ0) is 14.4. The maximum Gasteiger partial charge on any atom is 0.187 e. The number of rotatable bonds is 4. The van der Waals surface area contributed by atoms with Crippen LogP contribution in [0, 0.1) is 13.8 Å². The first-order chi connectivity index (χ1) is 9.65. The van der Waals surface area contributed by atoms with Gasteiger partial charge in [0.25, 0.3) is 0 Å². The van der Waals surface area contributed by atoms with Gasteiger partial charge < -0.3 is 10.1 Å². The molecule has 0 saturated carbocycles. The van der Waals surface area contributed by atoms with Gasteiger partial charge in [0, 0.05) is 13.2 Å². The van der Waals surface area contributed by atoms with E-state index in [1.807, 2.05) is 0 Å². The molecule has 1 atom stereocenters. The molecule has 1 saturated heterocycles. The first kappa shape index (κ1) is 14.9. The minimum atomic E-state index is 0.276. The number of hydrogen-bond donors (Lipinski definition) is 2. The van der Waals surface area contributed by atoms with E-state index in [0.717, 1.165) is 31.6 Å². The second-order valence-electron chi connectivity index (χ2n) is 5.08. The lowest BCUT2D eigenvalue weighted by Crippen LogP contribution is -2.37. The molecule has 1 aliphatic rings. The highest BCUT2D eigenvalue weighted by Crippen LogP contribution is 2.10. The molecule has 2 N–H and O–H groups in total. The first-order valence-electron chi connectivity index (χ1n) is 6.91. The van der Waals surface area contributed by atoms with Gasteiger partial charge in [-0.1, -0.05) is 23.8 Å². The Kier molecular flexibility index (Phi) is 5.49. The van der Waals surface area contributed by atoms with Gasteiger partial charge in [0.05, 0.1) is 12.3 Å².